The fourth-order valence-corrected chi connectivity index (χ4v) is 3.49. The first kappa shape index (κ1) is 25.5. The van der Waals surface area contributed by atoms with E-state index in [1.54, 1.807) is 7.11 Å². The van der Waals surface area contributed by atoms with Crippen LogP contribution < -0.4 is 4.74 Å². The Hall–Kier alpha value is -1.49. The minimum atomic E-state index is -3.67. The van der Waals surface area contributed by atoms with Crippen molar-refractivity contribution in [3.8, 4) is 5.75 Å². The highest BCUT2D eigenvalue weighted by molar-refractivity contribution is 7.53. The summed E-state index contributed by atoms with van der Waals surface area (Å²) < 4.78 is 41.6. The number of ketones is 1. The third-order valence-electron chi connectivity index (χ3n) is 4.52. The maximum absolute atomic E-state index is 14.7. The molecule has 0 amide bonds. The molecule has 0 fully saturated rings. The molecule has 164 valence electrons. The van der Waals surface area contributed by atoms with E-state index in [1.807, 2.05) is 6.07 Å². The lowest BCUT2D eigenvalue weighted by atomic mass is 9.79. The molecule has 0 saturated heterocycles. The van der Waals surface area contributed by atoms with Gasteiger partial charge in [-0.1, -0.05) is 47.6 Å². The minimum absolute atomic E-state index is 0.135. The van der Waals surface area contributed by atoms with Crippen LogP contribution in [0.25, 0.3) is 6.08 Å². The molecule has 0 heterocycles. The topological polar surface area (TPSA) is 61.8 Å². The lowest BCUT2D eigenvalue weighted by Gasteiger charge is -2.28. The molecule has 0 aliphatic rings. The second-order valence-corrected chi connectivity index (χ2v) is 11.4. The van der Waals surface area contributed by atoms with Gasteiger partial charge < -0.3 is 9.26 Å². The van der Waals surface area contributed by atoms with Gasteiger partial charge in [0.2, 0.25) is 5.78 Å². The van der Waals surface area contributed by atoms with Crippen LogP contribution in [0.3, 0.4) is 0 Å². The van der Waals surface area contributed by atoms with Gasteiger partial charge in [-0.2, -0.15) is 0 Å². The molecule has 7 heteroatoms. The zero-order chi connectivity index (χ0) is 22.8. The summed E-state index contributed by atoms with van der Waals surface area (Å²) in [5, 5.41) is 0. The van der Waals surface area contributed by atoms with Crippen molar-refractivity contribution in [1.82, 2.24) is 0 Å². The zero-order valence-electron chi connectivity index (χ0n) is 19.2. The number of hydrogen-bond donors (Lipinski definition) is 0. The van der Waals surface area contributed by atoms with Crippen LogP contribution in [0.5, 0.6) is 5.75 Å². The van der Waals surface area contributed by atoms with E-state index in [0.29, 0.717) is 11.3 Å². The number of rotatable bonds is 7. The third-order valence-corrected chi connectivity index (χ3v) is 5.86. The number of alkyl halides is 1. The number of methoxy groups -OCH3 is 1. The molecule has 0 aliphatic carbocycles. The van der Waals surface area contributed by atoms with Crippen molar-refractivity contribution < 1.29 is 27.5 Å². The van der Waals surface area contributed by atoms with E-state index >= 15 is 0 Å². The largest absolute Gasteiger partial charge is 0.496 e. The van der Waals surface area contributed by atoms with E-state index in [1.165, 1.54) is 6.08 Å². The minimum Gasteiger partial charge on any atom is -0.496 e. The summed E-state index contributed by atoms with van der Waals surface area (Å²) in [6.45, 7) is 14.5. The predicted molar refractivity (Wildman–Crippen MR) is 116 cm³/mol. The number of hydrogen-bond acceptors (Lipinski definition) is 5. The van der Waals surface area contributed by atoms with Crippen molar-refractivity contribution in [2.45, 2.75) is 65.2 Å². The van der Waals surface area contributed by atoms with Gasteiger partial charge in [-0.25, -0.2) is 4.39 Å². The third kappa shape index (κ3) is 6.77. The van der Waals surface area contributed by atoms with Crippen molar-refractivity contribution in [2.75, 3.05) is 20.9 Å². The number of benzene rings is 1. The molecular formula is C22H34FO5P. The first-order chi connectivity index (χ1) is 12.9. The molecule has 2 atom stereocenters. The van der Waals surface area contributed by atoms with Crippen molar-refractivity contribution in [1.29, 1.82) is 0 Å². The maximum Gasteiger partial charge on any atom is 0.330 e. The van der Waals surface area contributed by atoms with Gasteiger partial charge in [-0.05, 0) is 34.6 Å². The zero-order valence-corrected chi connectivity index (χ0v) is 20.1. The smallest absolute Gasteiger partial charge is 0.330 e. The van der Waals surface area contributed by atoms with Gasteiger partial charge >= 0.3 is 7.60 Å². The summed E-state index contributed by atoms with van der Waals surface area (Å²) in [7, 11) is -0.977. The van der Waals surface area contributed by atoms with Crippen molar-refractivity contribution in [2.24, 2.45) is 0 Å². The number of ether oxygens (including phenoxy) is 1. The predicted octanol–water partition coefficient (Wildman–Crippen LogP) is 6.04. The Morgan fingerprint density at radius 2 is 1.59 bits per heavy atom. The van der Waals surface area contributed by atoms with Crippen LogP contribution in [0, 0.1) is 0 Å². The highest BCUT2D eigenvalue weighted by Crippen LogP contribution is 2.47. The molecule has 1 aromatic carbocycles. The van der Waals surface area contributed by atoms with Crippen LogP contribution in [-0.2, 0) is 29.2 Å². The molecule has 0 radical (unpaired) electrons. The summed E-state index contributed by atoms with van der Waals surface area (Å²) in [4.78, 5) is 12.4. The summed E-state index contributed by atoms with van der Waals surface area (Å²) in [6.07, 6.45) is 2.58. The first-order valence-electron chi connectivity index (χ1n) is 9.43. The molecule has 0 N–H and O–H groups in total. The second kappa shape index (κ2) is 8.71. The summed E-state index contributed by atoms with van der Waals surface area (Å²) >= 11 is 0. The van der Waals surface area contributed by atoms with Crippen LogP contribution >= 0.6 is 7.60 Å². The number of halogens is 1. The maximum atomic E-state index is 14.7. The molecule has 2 unspecified atom stereocenters. The standard InChI is InChI=1S/C22H34FO5P/c1-20(2,3)16-13-15(19(26-8)17(14-16)21(4,5)6)11-12-18(24)22(7,23)28-29(10,25)27-9/h11-14H,1-10H3. The number of carbonyl (C=O) groups excluding carboxylic acids is 1. The van der Waals surface area contributed by atoms with Crippen LogP contribution in [0.4, 0.5) is 4.39 Å². The van der Waals surface area contributed by atoms with Gasteiger partial charge in [0.15, 0.2) is 0 Å². The van der Waals surface area contributed by atoms with E-state index in [9.17, 15) is 13.8 Å². The van der Waals surface area contributed by atoms with Gasteiger partial charge in [-0.3, -0.25) is 13.9 Å². The van der Waals surface area contributed by atoms with Crippen LogP contribution in [-0.4, -0.2) is 32.5 Å². The Bertz CT molecular complexity index is 829. The van der Waals surface area contributed by atoms with Gasteiger partial charge in [0.25, 0.3) is 5.85 Å². The molecule has 29 heavy (non-hydrogen) atoms. The highest BCUT2D eigenvalue weighted by Gasteiger charge is 2.38. The van der Waals surface area contributed by atoms with E-state index in [4.69, 9.17) is 9.26 Å². The lowest BCUT2D eigenvalue weighted by Crippen LogP contribution is -2.31. The van der Waals surface area contributed by atoms with Gasteiger partial charge in [0.1, 0.15) is 5.75 Å². The molecule has 1 rings (SSSR count). The average molecular weight is 428 g/mol. The molecule has 0 aliphatic heterocycles. The Balaban J connectivity index is 3.46. The Kier molecular flexibility index (Phi) is 7.67. The van der Waals surface area contributed by atoms with E-state index in [2.05, 4.69) is 52.1 Å². The highest BCUT2D eigenvalue weighted by atomic mass is 31.2. The van der Waals surface area contributed by atoms with Crippen LogP contribution in [0.1, 0.15) is 65.2 Å². The quantitative estimate of drug-likeness (QED) is 0.391. The first-order valence-corrected chi connectivity index (χ1v) is 11.4. The Morgan fingerprint density at radius 3 is 2.00 bits per heavy atom. The molecule has 5 nitrogen and oxygen atoms in total. The summed E-state index contributed by atoms with van der Waals surface area (Å²) in [5.74, 6) is -3.13. The molecule has 1 aromatic rings. The Morgan fingerprint density at radius 1 is 1.03 bits per heavy atom. The fourth-order valence-electron chi connectivity index (χ4n) is 2.70. The molecule has 0 saturated carbocycles. The molecular weight excluding hydrogens is 394 g/mol. The molecule has 0 spiro atoms. The monoisotopic (exact) mass is 428 g/mol. The van der Waals surface area contributed by atoms with Gasteiger partial charge in [0.05, 0.1) is 7.11 Å². The number of carbonyl (C=O) groups is 1. The SMILES string of the molecule is COc1c(C=CC(=O)C(C)(F)OP(C)(=O)OC)cc(C(C)(C)C)cc1C(C)(C)C. The van der Waals surface area contributed by atoms with Gasteiger partial charge in [0, 0.05) is 31.8 Å². The van der Waals surface area contributed by atoms with Crippen molar-refractivity contribution in [3.05, 3.63) is 34.9 Å². The average Bonchev–Trinajstić information content (AvgIpc) is 2.56. The molecule has 0 bridgehead atoms. The van der Waals surface area contributed by atoms with E-state index in [0.717, 1.165) is 37.9 Å². The van der Waals surface area contributed by atoms with E-state index < -0.39 is 19.2 Å². The van der Waals surface area contributed by atoms with Crippen LogP contribution in [0.2, 0.25) is 0 Å². The second-order valence-electron chi connectivity index (χ2n) is 9.31. The lowest BCUT2D eigenvalue weighted by molar-refractivity contribution is -0.143. The molecule has 0 aromatic heterocycles. The summed E-state index contributed by atoms with van der Waals surface area (Å²) in [6, 6.07) is 4.03. The van der Waals surface area contributed by atoms with Crippen molar-refractivity contribution >= 4 is 19.5 Å². The summed E-state index contributed by atoms with van der Waals surface area (Å²) in [5.41, 5.74) is 2.36. The van der Waals surface area contributed by atoms with Crippen molar-refractivity contribution in [3.63, 3.8) is 0 Å². The van der Waals surface area contributed by atoms with E-state index in [-0.39, 0.29) is 10.8 Å². The fraction of sp³-hybridized carbons (Fsp3) is 0.591. The van der Waals surface area contributed by atoms with Gasteiger partial charge in [-0.15, -0.1) is 0 Å². The Labute approximate surface area is 174 Å². The van der Waals surface area contributed by atoms with Crippen LogP contribution in [0.15, 0.2) is 18.2 Å². The normalized spacial score (nSPS) is 17.1.